The third kappa shape index (κ3) is 396. The van der Waals surface area contributed by atoms with E-state index in [2.05, 4.69) is 41.5 Å². The number of halogens is 14. The van der Waals surface area contributed by atoms with Gasteiger partial charge in [0, 0.05) is 0 Å². The third-order valence-electron chi connectivity index (χ3n) is 2.87. The Kier molecular flexibility index (Phi) is 238. The second-order valence-corrected chi connectivity index (χ2v) is 11.5. The lowest BCUT2D eigenvalue weighted by Crippen LogP contribution is -1.66. The van der Waals surface area contributed by atoms with Gasteiger partial charge in [0.1, 0.15) is 0 Å². The Labute approximate surface area is 315 Å². The van der Waals surface area contributed by atoms with Crippen molar-refractivity contribution in [1.29, 1.82) is 0 Å². The third-order valence-corrected chi connectivity index (χ3v) is 2.87. The molecule has 0 bridgehead atoms. The minimum atomic E-state index is 0.194. The molecule has 0 atom stereocenters. The van der Waals surface area contributed by atoms with Crippen molar-refractivity contribution >= 4 is 162 Å². The second-order valence-electron chi connectivity index (χ2n) is 5.83. The van der Waals surface area contributed by atoms with E-state index in [9.17, 15) is 0 Å². The second kappa shape index (κ2) is 133. The van der Waals surface area contributed by atoms with Gasteiger partial charge >= 0.3 is 0 Å². The average molecular weight is 853 g/mol. The van der Waals surface area contributed by atoms with Crippen LogP contribution in [0.25, 0.3) is 0 Å². The highest BCUT2D eigenvalue weighted by molar-refractivity contribution is 6.42. The van der Waals surface area contributed by atoms with E-state index >= 15 is 0 Å². The summed E-state index contributed by atoms with van der Waals surface area (Å²) in [5, 5.41) is 1.36. The molecule has 0 aliphatic rings. The minimum Gasteiger partial charge on any atom is -0.109 e. The molecular formula is C25H56Cl14. The molecule has 254 valence electrons. The van der Waals surface area contributed by atoms with Crippen molar-refractivity contribution in [2.45, 2.75) is 119 Å². The maximum atomic E-state index is 4.76. The monoisotopic (exact) mass is 846 g/mol. The number of hydrogen-bond donors (Lipinski definition) is 0. The largest absolute Gasteiger partial charge is 0.109 e. The van der Waals surface area contributed by atoms with Crippen LogP contribution in [0.1, 0.15) is 119 Å². The van der Waals surface area contributed by atoms with Gasteiger partial charge in [-0.2, -0.15) is 0 Å². The number of hydrogen-bond acceptors (Lipinski definition) is 0. The Morgan fingerprint density at radius 2 is 0.256 bits per heavy atom. The van der Waals surface area contributed by atoms with Gasteiger partial charge in [-0.1, -0.05) is 119 Å². The Balaban J connectivity index is -0.0000000306. The van der Waals surface area contributed by atoms with Crippen LogP contribution in [0.2, 0.25) is 0 Å². The first-order valence-corrected chi connectivity index (χ1v) is 20.0. The predicted octanol–water partition coefficient (Wildman–Crippen LogP) is 17.7. The lowest BCUT2D eigenvalue weighted by atomic mass is 10.2. The van der Waals surface area contributed by atoms with Crippen LogP contribution in [0, 0.1) is 0 Å². The molecule has 0 aromatic carbocycles. The van der Waals surface area contributed by atoms with Crippen molar-refractivity contribution in [3.05, 3.63) is 0 Å². The average Bonchev–Trinajstić information content (AvgIpc) is 2.89. The van der Waals surface area contributed by atoms with Gasteiger partial charge in [0.15, 0.2) is 0 Å². The molecule has 0 aromatic rings. The van der Waals surface area contributed by atoms with E-state index in [4.69, 9.17) is 162 Å². The lowest BCUT2D eigenvalue weighted by Gasteiger charge is -1.86. The molecule has 14 heteroatoms. The first kappa shape index (κ1) is 69.7. The Morgan fingerprint density at radius 1 is 0.205 bits per heavy atom. The molecule has 0 amide bonds. The van der Waals surface area contributed by atoms with Crippen LogP contribution in [0.5, 0.6) is 0 Å². The predicted molar refractivity (Wildman–Crippen MR) is 205 cm³/mol. The molecule has 39 heavy (non-hydrogen) atoms. The Morgan fingerprint density at radius 3 is 0.282 bits per heavy atom. The molecule has 0 nitrogen and oxygen atoms in total. The number of rotatable bonds is 9. The first-order chi connectivity index (χ1) is 18.6. The van der Waals surface area contributed by atoms with Gasteiger partial charge in [0.25, 0.3) is 0 Å². The van der Waals surface area contributed by atoms with Crippen molar-refractivity contribution in [1.82, 2.24) is 0 Å². The standard InChI is InChI=1S/3C6H14.7CH2Cl2/c3*1-3-5-6-4-2;7*2-1-3/h3*3-6H2,1-2H3;7*1H2. The summed E-state index contributed by atoms with van der Waals surface area (Å²) in [6.45, 7) is 13.4. The van der Waals surface area contributed by atoms with Gasteiger partial charge in [-0.3, -0.25) is 0 Å². The summed E-state index contributed by atoms with van der Waals surface area (Å²) in [5.41, 5.74) is 0. The fraction of sp³-hybridized carbons (Fsp3) is 1.00. The Bertz CT molecular complexity index is 147. The van der Waals surface area contributed by atoms with Crippen molar-refractivity contribution in [2.75, 3.05) is 37.4 Å². The highest BCUT2D eigenvalue weighted by atomic mass is 35.6. The Hall–Kier alpha value is 4.06. The number of unbranched alkanes of at least 4 members (excludes halogenated alkanes) is 9. The maximum Gasteiger partial charge on any atom is 0.0967 e. The molecule has 0 aromatic heterocycles. The van der Waals surface area contributed by atoms with Crippen molar-refractivity contribution in [3.8, 4) is 0 Å². The molecule has 0 N–H and O–H groups in total. The zero-order valence-electron chi connectivity index (χ0n) is 24.7. The molecule has 0 aliphatic heterocycles. The summed E-state index contributed by atoms with van der Waals surface area (Å²) >= 11 is 66.7. The van der Waals surface area contributed by atoms with Crippen LogP contribution >= 0.6 is 162 Å². The summed E-state index contributed by atoms with van der Waals surface area (Å²) in [5.74, 6) is 0. The van der Waals surface area contributed by atoms with Crippen LogP contribution in [0.15, 0.2) is 0 Å². The van der Waals surface area contributed by atoms with E-state index < -0.39 is 0 Å². The van der Waals surface area contributed by atoms with Gasteiger partial charge in [0.2, 0.25) is 0 Å². The molecule has 0 heterocycles. The topological polar surface area (TPSA) is 0 Å². The molecule has 0 spiro atoms. The van der Waals surface area contributed by atoms with Crippen LogP contribution in [-0.4, -0.2) is 37.4 Å². The van der Waals surface area contributed by atoms with Gasteiger partial charge in [-0.05, 0) is 0 Å². The van der Waals surface area contributed by atoms with Gasteiger partial charge in [-0.15, -0.1) is 162 Å². The van der Waals surface area contributed by atoms with E-state index in [-0.39, 0.29) is 37.4 Å². The quantitative estimate of drug-likeness (QED) is 0.160. The molecule has 0 radical (unpaired) electrons. The SMILES string of the molecule is CCCCCC.CCCCCC.CCCCCC.ClCCl.ClCCl.ClCCl.ClCCl.ClCCl.ClCCl.ClCCl. The molecule has 0 saturated carbocycles. The number of alkyl halides is 14. The van der Waals surface area contributed by atoms with E-state index in [0.717, 1.165) is 0 Å². The van der Waals surface area contributed by atoms with E-state index in [0.29, 0.717) is 0 Å². The summed E-state index contributed by atoms with van der Waals surface area (Å²) < 4.78 is 0. The molecule has 0 fully saturated rings. The van der Waals surface area contributed by atoms with Crippen molar-refractivity contribution in [3.63, 3.8) is 0 Å². The van der Waals surface area contributed by atoms with Crippen LogP contribution in [0.3, 0.4) is 0 Å². The summed E-state index contributed by atoms with van der Waals surface area (Å²) in [6.07, 6.45) is 16.6. The molecule has 0 unspecified atom stereocenters. The van der Waals surface area contributed by atoms with Gasteiger partial charge in [-0.25, -0.2) is 0 Å². The highest BCUT2D eigenvalue weighted by Gasteiger charge is 1.76. The zero-order valence-corrected chi connectivity index (χ0v) is 35.3. The molecule has 0 saturated heterocycles. The van der Waals surface area contributed by atoms with E-state index in [1.165, 1.54) is 77.0 Å². The van der Waals surface area contributed by atoms with Gasteiger partial charge < -0.3 is 0 Å². The fourth-order valence-electron chi connectivity index (χ4n) is 1.50. The summed E-state index contributed by atoms with van der Waals surface area (Å²) in [7, 11) is 0. The normalized spacial score (nSPS) is 7.38. The maximum absolute atomic E-state index is 4.76. The molecule has 0 rings (SSSR count). The van der Waals surface area contributed by atoms with Crippen molar-refractivity contribution in [2.24, 2.45) is 0 Å². The zero-order chi connectivity index (χ0) is 33.4. The van der Waals surface area contributed by atoms with Crippen LogP contribution in [-0.2, 0) is 0 Å². The van der Waals surface area contributed by atoms with E-state index in [1.807, 2.05) is 0 Å². The van der Waals surface area contributed by atoms with Crippen LogP contribution in [0.4, 0.5) is 0 Å². The fourth-order valence-corrected chi connectivity index (χ4v) is 1.50. The lowest BCUT2D eigenvalue weighted by molar-refractivity contribution is 0.702. The first-order valence-electron chi connectivity index (χ1n) is 12.5. The summed E-state index contributed by atoms with van der Waals surface area (Å²) in [6, 6.07) is 0. The molecule has 0 aliphatic carbocycles. The smallest absolute Gasteiger partial charge is 0.0967 e. The molecular weight excluding hydrogens is 797 g/mol. The highest BCUT2D eigenvalue weighted by Crippen LogP contribution is 1.96. The van der Waals surface area contributed by atoms with E-state index in [1.54, 1.807) is 0 Å². The summed E-state index contributed by atoms with van der Waals surface area (Å²) in [4.78, 5) is 0. The van der Waals surface area contributed by atoms with Gasteiger partial charge in [0.05, 0.1) is 37.4 Å². The minimum absolute atomic E-state index is 0.194. The van der Waals surface area contributed by atoms with Crippen molar-refractivity contribution < 1.29 is 0 Å². The van der Waals surface area contributed by atoms with Crippen LogP contribution < -0.4 is 0 Å².